The van der Waals surface area contributed by atoms with Crippen molar-refractivity contribution in [1.82, 2.24) is 9.97 Å². The van der Waals surface area contributed by atoms with E-state index in [0.29, 0.717) is 0 Å². The third-order valence-electron chi connectivity index (χ3n) is 3.25. The highest BCUT2D eigenvalue weighted by Gasteiger charge is 2.23. The fourth-order valence-corrected chi connectivity index (χ4v) is 2.65. The minimum atomic E-state index is 0.723. The number of nitrogens with zero attached hydrogens (tertiary/aromatic N) is 3. The Labute approximate surface area is 103 Å². The SMILES string of the molecule is CNc1cc(C)nc(N2C[C@H](C)C[C@@H](C)C2)n1. The molecule has 0 aliphatic carbocycles. The average molecular weight is 234 g/mol. The second-order valence-corrected chi connectivity index (χ2v) is 5.30. The van der Waals surface area contributed by atoms with Gasteiger partial charge in [0, 0.05) is 31.9 Å². The monoisotopic (exact) mass is 234 g/mol. The summed E-state index contributed by atoms with van der Waals surface area (Å²) in [4.78, 5) is 11.4. The molecule has 0 unspecified atom stereocenters. The molecule has 2 atom stereocenters. The Morgan fingerprint density at radius 2 is 1.88 bits per heavy atom. The second kappa shape index (κ2) is 4.90. The molecule has 94 valence electrons. The van der Waals surface area contributed by atoms with Gasteiger partial charge in [-0.1, -0.05) is 13.8 Å². The lowest BCUT2D eigenvalue weighted by Gasteiger charge is -2.35. The largest absolute Gasteiger partial charge is 0.373 e. The first-order chi connectivity index (χ1) is 8.08. The molecule has 0 bridgehead atoms. The maximum Gasteiger partial charge on any atom is 0.227 e. The molecule has 4 heteroatoms. The van der Waals surface area contributed by atoms with Crippen molar-refractivity contribution in [3.63, 3.8) is 0 Å². The van der Waals surface area contributed by atoms with Gasteiger partial charge in [-0.3, -0.25) is 0 Å². The predicted molar refractivity (Wildman–Crippen MR) is 71.5 cm³/mol. The van der Waals surface area contributed by atoms with Crippen LogP contribution in [0.15, 0.2) is 6.07 Å². The average Bonchev–Trinajstić information content (AvgIpc) is 2.26. The molecule has 1 aliphatic heterocycles. The quantitative estimate of drug-likeness (QED) is 0.852. The van der Waals surface area contributed by atoms with E-state index in [4.69, 9.17) is 0 Å². The molecule has 17 heavy (non-hydrogen) atoms. The van der Waals surface area contributed by atoms with E-state index in [-0.39, 0.29) is 0 Å². The van der Waals surface area contributed by atoms with Gasteiger partial charge < -0.3 is 10.2 Å². The van der Waals surface area contributed by atoms with Crippen LogP contribution < -0.4 is 10.2 Å². The lowest BCUT2D eigenvalue weighted by molar-refractivity contribution is 0.353. The molecule has 1 aliphatic rings. The summed E-state index contributed by atoms with van der Waals surface area (Å²) in [5.74, 6) is 3.22. The van der Waals surface area contributed by atoms with Crippen molar-refractivity contribution in [1.29, 1.82) is 0 Å². The van der Waals surface area contributed by atoms with Crippen molar-refractivity contribution in [3.05, 3.63) is 11.8 Å². The zero-order chi connectivity index (χ0) is 12.4. The highest BCUT2D eigenvalue weighted by molar-refractivity contribution is 5.43. The first-order valence-corrected chi connectivity index (χ1v) is 6.37. The lowest BCUT2D eigenvalue weighted by atomic mass is 9.92. The van der Waals surface area contributed by atoms with Crippen LogP contribution in [0.1, 0.15) is 26.0 Å². The van der Waals surface area contributed by atoms with Gasteiger partial charge in [-0.05, 0) is 25.2 Å². The van der Waals surface area contributed by atoms with E-state index >= 15 is 0 Å². The first-order valence-electron chi connectivity index (χ1n) is 6.37. The van der Waals surface area contributed by atoms with Gasteiger partial charge in [0.15, 0.2) is 0 Å². The van der Waals surface area contributed by atoms with Crippen LogP contribution in [0.25, 0.3) is 0 Å². The number of anilines is 2. The standard InChI is InChI=1S/C13H22N4/c1-9-5-10(2)8-17(7-9)13-15-11(3)6-12(14-4)16-13/h6,9-10H,5,7-8H2,1-4H3,(H,14,15,16)/t9-,10-/m1/s1. The van der Waals surface area contributed by atoms with E-state index < -0.39 is 0 Å². The number of aryl methyl sites for hydroxylation is 1. The van der Waals surface area contributed by atoms with Crippen LogP contribution in [0.2, 0.25) is 0 Å². The molecule has 1 aromatic heterocycles. The Morgan fingerprint density at radius 1 is 1.24 bits per heavy atom. The second-order valence-electron chi connectivity index (χ2n) is 5.30. The van der Waals surface area contributed by atoms with Crippen molar-refractivity contribution in [2.24, 2.45) is 11.8 Å². The van der Waals surface area contributed by atoms with Crippen LogP contribution >= 0.6 is 0 Å². The maximum absolute atomic E-state index is 4.55. The highest BCUT2D eigenvalue weighted by atomic mass is 15.3. The topological polar surface area (TPSA) is 41.1 Å². The molecule has 0 amide bonds. The van der Waals surface area contributed by atoms with Crippen LogP contribution in [0.5, 0.6) is 0 Å². The fourth-order valence-electron chi connectivity index (χ4n) is 2.65. The summed E-state index contributed by atoms with van der Waals surface area (Å²) in [6.45, 7) is 8.76. The molecule has 2 heterocycles. The van der Waals surface area contributed by atoms with E-state index in [1.165, 1.54) is 6.42 Å². The van der Waals surface area contributed by atoms with Gasteiger partial charge in [-0.15, -0.1) is 0 Å². The fraction of sp³-hybridized carbons (Fsp3) is 0.692. The molecular formula is C13H22N4. The van der Waals surface area contributed by atoms with Gasteiger partial charge in [0.25, 0.3) is 0 Å². The molecule has 0 spiro atoms. The van der Waals surface area contributed by atoms with E-state index in [1.807, 2.05) is 20.0 Å². The molecule has 1 saturated heterocycles. The molecular weight excluding hydrogens is 212 g/mol. The number of piperidine rings is 1. The Balaban J connectivity index is 2.23. The third kappa shape index (κ3) is 2.87. The Kier molecular flexibility index (Phi) is 3.50. The zero-order valence-electron chi connectivity index (χ0n) is 11.2. The zero-order valence-corrected chi connectivity index (χ0v) is 11.2. The normalized spacial score (nSPS) is 24.8. The number of hydrogen-bond donors (Lipinski definition) is 1. The van der Waals surface area contributed by atoms with Crippen LogP contribution in [0, 0.1) is 18.8 Å². The van der Waals surface area contributed by atoms with Crippen molar-refractivity contribution < 1.29 is 0 Å². The molecule has 1 aromatic rings. The van der Waals surface area contributed by atoms with Crippen molar-refractivity contribution in [3.8, 4) is 0 Å². The van der Waals surface area contributed by atoms with Gasteiger partial charge in [-0.25, -0.2) is 4.98 Å². The van der Waals surface area contributed by atoms with Gasteiger partial charge >= 0.3 is 0 Å². The van der Waals surface area contributed by atoms with Crippen LogP contribution in [-0.4, -0.2) is 30.1 Å². The number of hydrogen-bond acceptors (Lipinski definition) is 4. The lowest BCUT2D eigenvalue weighted by Crippen LogP contribution is -2.39. The van der Waals surface area contributed by atoms with Crippen LogP contribution in [-0.2, 0) is 0 Å². The molecule has 1 fully saturated rings. The van der Waals surface area contributed by atoms with Gasteiger partial charge in [0.2, 0.25) is 5.95 Å². The summed E-state index contributed by atoms with van der Waals surface area (Å²) in [5, 5.41) is 3.09. The molecule has 2 rings (SSSR count). The number of nitrogens with one attached hydrogen (secondary N) is 1. The Hall–Kier alpha value is -1.32. The van der Waals surface area contributed by atoms with Crippen molar-refractivity contribution >= 4 is 11.8 Å². The minimum Gasteiger partial charge on any atom is -0.373 e. The summed E-state index contributed by atoms with van der Waals surface area (Å²) in [5.41, 5.74) is 1.02. The molecule has 0 radical (unpaired) electrons. The van der Waals surface area contributed by atoms with E-state index in [2.05, 4.69) is 34.0 Å². The molecule has 0 aromatic carbocycles. The van der Waals surface area contributed by atoms with Gasteiger partial charge in [-0.2, -0.15) is 4.98 Å². The molecule has 1 N–H and O–H groups in total. The minimum absolute atomic E-state index is 0.723. The first kappa shape index (κ1) is 12.1. The summed E-state index contributed by atoms with van der Waals surface area (Å²) in [6, 6.07) is 1.97. The smallest absolute Gasteiger partial charge is 0.227 e. The third-order valence-corrected chi connectivity index (χ3v) is 3.25. The summed E-state index contributed by atoms with van der Waals surface area (Å²) < 4.78 is 0. The van der Waals surface area contributed by atoms with E-state index in [9.17, 15) is 0 Å². The van der Waals surface area contributed by atoms with Crippen LogP contribution in [0.4, 0.5) is 11.8 Å². The van der Waals surface area contributed by atoms with Crippen LogP contribution in [0.3, 0.4) is 0 Å². The summed E-state index contributed by atoms with van der Waals surface area (Å²) in [6.07, 6.45) is 1.31. The van der Waals surface area contributed by atoms with E-state index in [1.54, 1.807) is 0 Å². The highest BCUT2D eigenvalue weighted by Crippen LogP contribution is 2.24. The predicted octanol–water partition coefficient (Wildman–Crippen LogP) is 2.31. The summed E-state index contributed by atoms with van der Waals surface area (Å²) in [7, 11) is 1.90. The van der Waals surface area contributed by atoms with Gasteiger partial charge in [0.1, 0.15) is 5.82 Å². The number of rotatable bonds is 2. The summed E-state index contributed by atoms with van der Waals surface area (Å²) >= 11 is 0. The Morgan fingerprint density at radius 3 is 2.47 bits per heavy atom. The molecule has 0 saturated carbocycles. The van der Waals surface area contributed by atoms with E-state index in [0.717, 1.165) is 42.4 Å². The molecule has 4 nitrogen and oxygen atoms in total. The van der Waals surface area contributed by atoms with Crippen molar-refractivity contribution in [2.75, 3.05) is 30.4 Å². The number of aromatic nitrogens is 2. The van der Waals surface area contributed by atoms with Gasteiger partial charge in [0.05, 0.1) is 0 Å². The van der Waals surface area contributed by atoms with Crippen molar-refractivity contribution in [2.45, 2.75) is 27.2 Å². The Bertz CT molecular complexity index is 381. The maximum atomic E-state index is 4.55.